The molecule has 0 saturated carbocycles. The molecule has 0 aliphatic carbocycles. The number of hydrogen-bond acceptors (Lipinski definition) is 5. The van der Waals surface area contributed by atoms with Crippen molar-refractivity contribution in [1.82, 2.24) is 20.0 Å². The number of likely N-dealkylation sites (N-methyl/N-ethyl adjacent to an activating group) is 1. The van der Waals surface area contributed by atoms with Crippen LogP contribution in [0.2, 0.25) is 0 Å². The van der Waals surface area contributed by atoms with Crippen molar-refractivity contribution in [2.24, 2.45) is 0 Å². The van der Waals surface area contributed by atoms with E-state index in [1.54, 1.807) is 11.3 Å². The number of carbonyl (C=O) groups is 1. The summed E-state index contributed by atoms with van der Waals surface area (Å²) in [6, 6.07) is 16.7. The average molecular weight is 500 g/mol. The van der Waals surface area contributed by atoms with Gasteiger partial charge in [0.15, 0.2) is 0 Å². The van der Waals surface area contributed by atoms with Gasteiger partial charge in [0.1, 0.15) is 0 Å². The van der Waals surface area contributed by atoms with Gasteiger partial charge in [-0.1, -0.05) is 43.3 Å². The normalized spacial score (nSPS) is 15.2. The zero-order valence-electron chi connectivity index (χ0n) is 21.0. The quantitative estimate of drug-likeness (QED) is 0.340. The molecule has 1 aliphatic heterocycles. The minimum atomic E-state index is -0.00610. The van der Waals surface area contributed by atoms with E-state index in [4.69, 9.17) is 0 Å². The van der Waals surface area contributed by atoms with E-state index in [0.29, 0.717) is 6.42 Å². The minimum Gasteiger partial charge on any atom is -0.326 e. The van der Waals surface area contributed by atoms with Gasteiger partial charge in [0.25, 0.3) is 0 Å². The standard InChI is InChI=1S/C29H33N5OS/c1-3-33-11-13-34(14-12-33)20-23-7-4-6-22(17-23)9-10-26-25-19-27(21(2)16-28(25)32-31-26)30-29(35)18-24-8-5-15-36-24/h4-10,15-17,19H,3,11-14,18,20H2,1-2H3,(H,30,35)(H,31,32)/b10-9+. The monoisotopic (exact) mass is 499 g/mol. The Morgan fingerprint density at radius 1 is 1.08 bits per heavy atom. The lowest BCUT2D eigenvalue weighted by Crippen LogP contribution is -2.45. The van der Waals surface area contributed by atoms with Gasteiger partial charge in [-0.25, -0.2) is 0 Å². The summed E-state index contributed by atoms with van der Waals surface area (Å²) in [5.74, 6) is -0.00610. The van der Waals surface area contributed by atoms with Crippen molar-refractivity contribution in [2.45, 2.75) is 26.8 Å². The van der Waals surface area contributed by atoms with Crippen molar-refractivity contribution in [3.05, 3.63) is 81.2 Å². The number of rotatable bonds is 8. The van der Waals surface area contributed by atoms with E-state index in [0.717, 1.165) is 77.6 Å². The predicted octanol–water partition coefficient (Wildman–Crippen LogP) is 5.42. The lowest BCUT2D eigenvalue weighted by molar-refractivity contribution is -0.115. The summed E-state index contributed by atoms with van der Waals surface area (Å²) in [5.41, 5.74) is 6.15. The number of benzene rings is 2. The van der Waals surface area contributed by atoms with E-state index < -0.39 is 0 Å². The van der Waals surface area contributed by atoms with Gasteiger partial charge in [-0.2, -0.15) is 5.10 Å². The molecular weight excluding hydrogens is 466 g/mol. The maximum atomic E-state index is 12.6. The number of hydrogen-bond donors (Lipinski definition) is 2. The highest BCUT2D eigenvalue weighted by atomic mass is 32.1. The third kappa shape index (κ3) is 5.93. The molecule has 5 rings (SSSR count). The van der Waals surface area contributed by atoms with Crippen molar-refractivity contribution in [2.75, 3.05) is 38.0 Å². The second-order valence-electron chi connectivity index (χ2n) is 9.41. The molecule has 2 N–H and O–H groups in total. The molecule has 0 radical (unpaired) electrons. The molecule has 0 atom stereocenters. The van der Waals surface area contributed by atoms with Crippen LogP contribution in [0.5, 0.6) is 0 Å². The first-order valence-corrected chi connectivity index (χ1v) is 13.5. The molecule has 4 aromatic rings. The first kappa shape index (κ1) is 24.4. The molecule has 0 bridgehead atoms. The molecule has 3 heterocycles. The van der Waals surface area contributed by atoms with Gasteiger partial charge in [-0.05, 0) is 59.8 Å². The van der Waals surface area contributed by atoms with E-state index >= 15 is 0 Å². The van der Waals surface area contributed by atoms with Gasteiger partial charge in [0.05, 0.1) is 17.6 Å². The SMILES string of the molecule is CCN1CCN(Cc2cccc(/C=C/c3n[nH]c4cc(C)c(NC(=O)Cc5cccs5)cc34)c2)CC1. The van der Waals surface area contributed by atoms with E-state index in [1.165, 1.54) is 5.56 Å². The Morgan fingerprint density at radius 2 is 1.92 bits per heavy atom. The van der Waals surface area contributed by atoms with Crippen LogP contribution < -0.4 is 5.32 Å². The van der Waals surface area contributed by atoms with Crippen LogP contribution >= 0.6 is 11.3 Å². The number of carbonyl (C=O) groups excluding carboxylic acids is 1. The number of anilines is 1. The van der Waals surface area contributed by atoms with Crippen molar-refractivity contribution in [3.8, 4) is 0 Å². The van der Waals surface area contributed by atoms with Gasteiger partial charge in [-0.15, -0.1) is 11.3 Å². The Morgan fingerprint density at radius 3 is 2.69 bits per heavy atom. The largest absolute Gasteiger partial charge is 0.326 e. The van der Waals surface area contributed by atoms with Crippen molar-refractivity contribution in [1.29, 1.82) is 0 Å². The second-order valence-corrected chi connectivity index (χ2v) is 10.4. The summed E-state index contributed by atoms with van der Waals surface area (Å²) in [7, 11) is 0. The molecule has 1 amide bonds. The molecule has 36 heavy (non-hydrogen) atoms. The smallest absolute Gasteiger partial charge is 0.229 e. The third-order valence-corrected chi connectivity index (χ3v) is 7.71. The molecule has 1 aliphatic rings. The number of nitrogens with zero attached hydrogens (tertiary/aromatic N) is 3. The minimum absolute atomic E-state index is 0.00610. The first-order valence-electron chi connectivity index (χ1n) is 12.6. The number of thiophene rings is 1. The summed E-state index contributed by atoms with van der Waals surface area (Å²) in [5, 5.41) is 13.7. The maximum Gasteiger partial charge on any atom is 0.229 e. The average Bonchev–Trinajstić information content (AvgIpc) is 3.53. The molecule has 186 valence electrons. The summed E-state index contributed by atoms with van der Waals surface area (Å²) in [4.78, 5) is 18.7. The van der Waals surface area contributed by atoms with Crippen molar-refractivity contribution in [3.63, 3.8) is 0 Å². The Kier molecular flexibility index (Phi) is 7.60. The number of amides is 1. The summed E-state index contributed by atoms with van der Waals surface area (Å²) >= 11 is 1.60. The molecule has 1 fully saturated rings. The van der Waals surface area contributed by atoms with Crippen LogP contribution in [-0.4, -0.2) is 58.6 Å². The van der Waals surface area contributed by atoms with E-state index in [2.05, 4.69) is 62.6 Å². The highest BCUT2D eigenvalue weighted by molar-refractivity contribution is 7.10. The lowest BCUT2D eigenvalue weighted by Gasteiger charge is -2.34. The number of aryl methyl sites for hydroxylation is 1. The zero-order valence-corrected chi connectivity index (χ0v) is 21.8. The molecule has 0 spiro atoms. The molecular formula is C29H33N5OS. The molecule has 2 aromatic heterocycles. The van der Waals surface area contributed by atoms with Gasteiger partial charge in [-0.3, -0.25) is 14.8 Å². The maximum absolute atomic E-state index is 12.6. The van der Waals surface area contributed by atoms with Crippen LogP contribution in [0.4, 0.5) is 5.69 Å². The van der Waals surface area contributed by atoms with Crippen LogP contribution in [0, 0.1) is 6.92 Å². The van der Waals surface area contributed by atoms with Gasteiger partial charge < -0.3 is 10.2 Å². The van der Waals surface area contributed by atoms with Gasteiger partial charge in [0, 0.05) is 48.7 Å². The number of aromatic amines is 1. The molecule has 0 unspecified atom stereocenters. The van der Waals surface area contributed by atoms with E-state index in [1.807, 2.05) is 42.6 Å². The Labute approximate surface area is 216 Å². The Balaban J connectivity index is 1.28. The topological polar surface area (TPSA) is 64.3 Å². The van der Waals surface area contributed by atoms with Crippen molar-refractivity contribution < 1.29 is 4.79 Å². The zero-order chi connectivity index (χ0) is 24.9. The molecule has 7 heteroatoms. The van der Waals surface area contributed by atoms with E-state index in [-0.39, 0.29) is 5.91 Å². The number of nitrogens with one attached hydrogen (secondary N) is 2. The van der Waals surface area contributed by atoms with Crippen molar-refractivity contribution >= 4 is 46.0 Å². The highest BCUT2D eigenvalue weighted by Gasteiger charge is 2.15. The first-order chi connectivity index (χ1) is 17.6. The molecule has 6 nitrogen and oxygen atoms in total. The third-order valence-electron chi connectivity index (χ3n) is 6.83. The van der Waals surface area contributed by atoms with E-state index in [9.17, 15) is 4.79 Å². The number of piperazine rings is 1. The highest BCUT2D eigenvalue weighted by Crippen LogP contribution is 2.26. The fraction of sp³-hybridized carbons (Fsp3) is 0.310. The number of H-pyrrole nitrogens is 1. The predicted molar refractivity (Wildman–Crippen MR) is 150 cm³/mol. The van der Waals surface area contributed by atoms with Crippen LogP contribution in [-0.2, 0) is 17.8 Å². The van der Waals surface area contributed by atoms with Gasteiger partial charge >= 0.3 is 0 Å². The molecule has 1 saturated heterocycles. The Hall–Kier alpha value is -3.26. The summed E-state index contributed by atoms with van der Waals surface area (Å²) in [6.07, 6.45) is 4.55. The molecule has 2 aromatic carbocycles. The second kappa shape index (κ2) is 11.2. The summed E-state index contributed by atoms with van der Waals surface area (Å²) < 4.78 is 0. The van der Waals surface area contributed by atoms with Crippen LogP contribution in [0.15, 0.2) is 53.9 Å². The van der Waals surface area contributed by atoms with Crippen LogP contribution in [0.1, 0.15) is 34.2 Å². The fourth-order valence-corrected chi connectivity index (χ4v) is 5.42. The fourth-order valence-electron chi connectivity index (χ4n) is 4.71. The number of aromatic nitrogens is 2. The van der Waals surface area contributed by atoms with Crippen LogP contribution in [0.25, 0.3) is 23.1 Å². The lowest BCUT2D eigenvalue weighted by atomic mass is 10.1. The summed E-state index contributed by atoms with van der Waals surface area (Å²) in [6.45, 7) is 10.9. The van der Waals surface area contributed by atoms with Crippen LogP contribution in [0.3, 0.4) is 0 Å². The number of fused-ring (bicyclic) bond motifs is 1. The van der Waals surface area contributed by atoms with Gasteiger partial charge in [0.2, 0.25) is 5.91 Å². The Bertz CT molecular complexity index is 1350.